The molecule has 1 atom stereocenters. The highest BCUT2D eigenvalue weighted by atomic mass is 35.5. The van der Waals surface area contributed by atoms with Gasteiger partial charge in [0.1, 0.15) is 12.4 Å². The summed E-state index contributed by atoms with van der Waals surface area (Å²) in [7, 11) is 0. The van der Waals surface area contributed by atoms with Crippen molar-refractivity contribution in [1.29, 1.82) is 0 Å². The minimum atomic E-state index is 0. The van der Waals surface area contributed by atoms with Crippen molar-refractivity contribution < 1.29 is 9.47 Å². The van der Waals surface area contributed by atoms with Crippen molar-refractivity contribution in [2.75, 3.05) is 44.4 Å². The minimum Gasteiger partial charge on any atom is -0.490 e. The van der Waals surface area contributed by atoms with Gasteiger partial charge in [-0.2, -0.15) is 0 Å². The van der Waals surface area contributed by atoms with E-state index in [1.165, 1.54) is 36.9 Å². The number of nitrogens with zero attached hydrogens (tertiary/aromatic N) is 2. The first-order chi connectivity index (χ1) is 14.4. The van der Waals surface area contributed by atoms with E-state index >= 15 is 0 Å². The summed E-state index contributed by atoms with van der Waals surface area (Å²) in [5.41, 5.74) is 2.52. The Morgan fingerprint density at radius 2 is 1.87 bits per heavy atom. The molecule has 1 aromatic heterocycles. The first-order valence-corrected chi connectivity index (χ1v) is 11.0. The number of pyridine rings is 1. The summed E-state index contributed by atoms with van der Waals surface area (Å²) in [5.74, 6) is 1.53. The second-order valence-corrected chi connectivity index (χ2v) is 8.22. The van der Waals surface area contributed by atoms with E-state index in [9.17, 15) is 0 Å². The molecule has 2 saturated heterocycles. The molecule has 2 fully saturated rings. The third kappa shape index (κ3) is 6.86. The van der Waals surface area contributed by atoms with Crippen LogP contribution in [0, 0.1) is 5.92 Å². The summed E-state index contributed by atoms with van der Waals surface area (Å²) in [5, 5.41) is 3.47. The van der Waals surface area contributed by atoms with Gasteiger partial charge in [-0.1, -0.05) is 30.3 Å². The number of hydrogen-bond donors (Lipinski definition) is 1. The molecule has 5 nitrogen and oxygen atoms in total. The maximum Gasteiger partial charge on any atom is 0.139 e. The number of aromatic nitrogens is 1. The van der Waals surface area contributed by atoms with Gasteiger partial charge in [0, 0.05) is 31.8 Å². The van der Waals surface area contributed by atoms with E-state index in [0.29, 0.717) is 12.0 Å². The van der Waals surface area contributed by atoms with E-state index in [1.54, 1.807) is 0 Å². The maximum absolute atomic E-state index is 5.97. The van der Waals surface area contributed by atoms with Crippen LogP contribution in [-0.4, -0.2) is 50.5 Å². The molecule has 1 aromatic carbocycles. The molecule has 0 amide bonds. The summed E-state index contributed by atoms with van der Waals surface area (Å²) in [4.78, 5) is 6.83. The Labute approximate surface area is 186 Å². The van der Waals surface area contributed by atoms with Crippen LogP contribution in [0.25, 0.3) is 0 Å². The molecule has 0 aliphatic carbocycles. The number of ether oxygens (including phenoxy) is 2. The number of benzene rings is 1. The van der Waals surface area contributed by atoms with Gasteiger partial charge in [-0.15, -0.1) is 12.4 Å². The largest absolute Gasteiger partial charge is 0.490 e. The molecule has 0 unspecified atom stereocenters. The lowest BCUT2D eigenvalue weighted by Crippen LogP contribution is -2.35. The Morgan fingerprint density at radius 1 is 1.03 bits per heavy atom. The first-order valence-electron chi connectivity index (χ1n) is 11.0. The molecule has 2 aromatic rings. The predicted octanol–water partition coefficient (Wildman–Crippen LogP) is 4.11. The van der Waals surface area contributed by atoms with Crippen molar-refractivity contribution in [3.8, 4) is 5.75 Å². The third-order valence-corrected chi connectivity index (χ3v) is 6.02. The lowest BCUT2D eigenvalue weighted by Gasteiger charge is -2.33. The van der Waals surface area contributed by atoms with E-state index in [-0.39, 0.29) is 12.4 Å². The highest BCUT2D eigenvalue weighted by Crippen LogP contribution is 2.26. The average molecular weight is 432 g/mol. The summed E-state index contributed by atoms with van der Waals surface area (Å²) < 4.78 is 11.9. The van der Waals surface area contributed by atoms with E-state index < -0.39 is 0 Å². The molecular weight excluding hydrogens is 398 g/mol. The first kappa shape index (κ1) is 22.9. The second-order valence-electron chi connectivity index (χ2n) is 8.22. The Bertz CT molecular complexity index is 732. The maximum atomic E-state index is 5.97. The van der Waals surface area contributed by atoms with Crippen molar-refractivity contribution in [2.45, 2.75) is 38.1 Å². The number of hydrogen-bond acceptors (Lipinski definition) is 5. The number of halogens is 1. The molecule has 3 heterocycles. The van der Waals surface area contributed by atoms with E-state index in [0.717, 1.165) is 51.6 Å². The fourth-order valence-electron chi connectivity index (χ4n) is 4.20. The number of nitrogens with one attached hydrogen (secondary N) is 1. The van der Waals surface area contributed by atoms with Crippen LogP contribution in [0.15, 0.2) is 48.8 Å². The average Bonchev–Trinajstić information content (AvgIpc) is 3.30. The quantitative estimate of drug-likeness (QED) is 0.605. The zero-order chi connectivity index (χ0) is 19.7. The lowest BCUT2D eigenvalue weighted by molar-refractivity contribution is 0.0926. The Balaban J connectivity index is 0.00000256. The molecule has 0 bridgehead atoms. The smallest absolute Gasteiger partial charge is 0.139 e. The molecule has 0 radical (unpaired) electrons. The molecule has 164 valence electrons. The highest BCUT2D eigenvalue weighted by molar-refractivity contribution is 5.85. The standard InChI is InChI=1S/C24H33N3O2.ClH/c1-2-5-20(6-3-1)10-14-28-18-21-8-12-27(13-9-21)23-15-24(17-25-16-23)29-19-22-7-4-11-26-22;/h1-3,5-6,15-17,21-22,26H,4,7-14,18-19H2;1H/t22-;/m0./s1. The van der Waals surface area contributed by atoms with Crippen LogP contribution >= 0.6 is 12.4 Å². The molecule has 30 heavy (non-hydrogen) atoms. The summed E-state index contributed by atoms with van der Waals surface area (Å²) in [6.45, 7) is 5.63. The number of piperidine rings is 1. The number of anilines is 1. The molecule has 0 saturated carbocycles. The van der Waals surface area contributed by atoms with Crippen LogP contribution < -0.4 is 15.0 Å². The van der Waals surface area contributed by atoms with Gasteiger partial charge in [0.05, 0.1) is 24.7 Å². The van der Waals surface area contributed by atoms with Gasteiger partial charge in [0.25, 0.3) is 0 Å². The predicted molar refractivity (Wildman–Crippen MR) is 124 cm³/mol. The van der Waals surface area contributed by atoms with Crippen LogP contribution in [0.3, 0.4) is 0 Å². The monoisotopic (exact) mass is 431 g/mol. The minimum absolute atomic E-state index is 0. The van der Waals surface area contributed by atoms with Crippen molar-refractivity contribution in [1.82, 2.24) is 10.3 Å². The van der Waals surface area contributed by atoms with Crippen LogP contribution in [0.5, 0.6) is 5.75 Å². The van der Waals surface area contributed by atoms with Gasteiger partial charge in [-0.25, -0.2) is 0 Å². The SMILES string of the molecule is Cl.c1ccc(CCOCC2CCN(c3cncc(OC[C@@H]4CCCN4)c3)CC2)cc1. The van der Waals surface area contributed by atoms with Crippen LogP contribution in [0.4, 0.5) is 5.69 Å². The lowest BCUT2D eigenvalue weighted by atomic mass is 9.97. The molecule has 4 rings (SSSR count). The third-order valence-electron chi connectivity index (χ3n) is 6.02. The fourth-order valence-corrected chi connectivity index (χ4v) is 4.20. The van der Waals surface area contributed by atoms with E-state index in [1.807, 2.05) is 12.4 Å². The van der Waals surface area contributed by atoms with Gasteiger partial charge < -0.3 is 19.7 Å². The normalized spacial score (nSPS) is 19.5. The summed E-state index contributed by atoms with van der Waals surface area (Å²) >= 11 is 0. The van der Waals surface area contributed by atoms with Gasteiger partial charge in [0.15, 0.2) is 0 Å². The Morgan fingerprint density at radius 3 is 2.63 bits per heavy atom. The van der Waals surface area contributed by atoms with E-state index in [2.05, 4.69) is 51.6 Å². The fraction of sp³-hybridized carbons (Fsp3) is 0.542. The Hall–Kier alpha value is -1.82. The van der Waals surface area contributed by atoms with Crippen LogP contribution in [-0.2, 0) is 11.2 Å². The van der Waals surface area contributed by atoms with Gasteiger partial charge in [-0.3, -0.25) is 4.98 Å². The van der Waals surface area contributed by atoms with Crippen LogP contribution in [0.1, 0.15) is 31.2 Å². The molecule has 1 N–H and O–H groups in total. The topological polar surface area (TPSA) is 46.6 Å². The summed E-state index contributed by atoms with van der Waals surface area (Å²) in [6.07, 6.45) is 9.56. The van der Waals surface area contributed by atoms with Crippen LogP contribution in [0.2, 0.25) is 0 Å². The van der Waals surface area contributed by atoms with Crippen molar-refractivity contribution in [3.05, 3.63) is 54.4 Å². The molecule has 0 spiro atoms. The number of rotatable bonds is 9. The van der Waals surface area contributed by atoms with Crippen molar-refractivity contribution in [3.63, 3.8) is 0 Å². The molecular formula is C24H34ClN3O2. The highest BCUT2D eigenvalue weighted by Gasteiger charge is 2.20. The van der Waals surface area contributed by atoms with Gasteiger partial charge >= 0.3 is 0 Å². The molecule has 2 aliphatic heterocycles. The van der Waals surface area contributed by atoms with E-state index in [4.69, 9.17) is 9.47 Å². The van der Waals surface area contributed by atoms with Gasteiger partial charge in [-0.05, 0) is 50.1 Å². The zero-order valence-corrected chi connectivity index (χ0v) is 18.5. The van der Waals surface area contributed by atoms with Gasteiger partial charge in [0.2, 0.25) is 0 Å². The van der Waals surface area contributed by atoms with Crippen molar-refractivity contribution in [2.24, 2.45) is 5.92 Å². The summed E-state index contributed by atoms with van der Waals surface area (Å²) in [6, 6.07) is 13.2. The second kappa shape index (κ2) is 12.1. The molecule has 6 heteroatoms. The Kier molecular flexibility index (Phi) is 9.25. The molecule has 2 aliphatic rings. The zero-order valence-electron chi connectivity index (χ0n) is 17.7. The van der Waals surface area contributed by atoms with Crippen molar-refractivity contribution >= 4 is 18.1 Å².